The lowest BCUT2D eigenvalue weighted by Crippen LogP contribution is -2.48. The Morgan fingerprint density at radius 1 is 1.07 bits per heavy atom. The van der Waals surface area contributed by atoms with E-state index in [9.17, 15) is 4.79 Å². The molecule has 0 unspecified atom stereocenters. The molecule has 1 fully saturated rings. The molecule has 0 aliphatic carbocycles. The van der Waals surface area contributed by atoms with Crippen LogP contribution in [0.4, 0.5) is 5.69 Å². The molecular weight excluding hydrogens is 368 g/mol. The summed E-state index contributed by atoms with van der Waals surface area (Å²) in [5.41, 5.74) is 2.67. The summed E-state index contributed by atoms with van der Waals surface area (Å²) in [6, 6.07) is 15.5. The third-order valence-corrected chi connectivity index (χ3v) is 5.17. The van der Waals surface area contributed by atoms with Gasteiger partial charge in [-0.3, -0.25) is 4.79 Å². The topological polar surface area (TPSA) is 71.7 Å². The van der Waals surface area contributed by atoms with Gasteiger partial charge in [0.1, 0.15) is 5.75 Å². The number of aryl methyl sites for hydroxylation is 1. The number of benzene rings is 2. The number of anilines is 1. The first-order valence-electron chi connectivity index (χ1n) is 9.80. The summed E-state index contributed by atoms with van der Waals surface area (Å²) < 4.78 is 10.5. The molecule has 150 valence electrons. The molecule has 0 bridgehead atoms. The lowest BCUT2D eigenvalue weighted by molar-refractivity contribution is 0.0743. The second-order valence-corrected chi connectivity index (χ2v) is 6.89. The second-order valence-electron chi connectivity index (χ2n) is 6.89. The van der Waals surface area contributed by atoms with E-state index in [0.717, 1.165) is 30.8 Å². The smallest absolute Gasteiger partial charge is 0.257 e. The van der Waals surface area contributed by atoms with E-state index >= 15 is 0 Å². The molecule has 4 rings (SSSR count). The van der Waals surface area contributed by atoms with Crippen LogP contribution in [-0.4, -0.2) is 54.2 Å². The van der Waals surface area contributed by atoms with E-state index in [-0.39, 0.29) is 5.91 Å². The summed E-state index contributed by atoms with van der Waals surface area (Å²) in [5, 5.41) is 4.02. The van der Waals surface area contributed by atoms with Gasteiger partial charge in [-0.15, -0.1) is 0 Å². The first-order valence-corrected chi connectivity index (χ1v) is 9.80. The zero-order valence-electron chi connectivity index (χ0n) is 16.7. The first kappa shape index (κ1) is 19.0. The number of piperazine rings is 1. The van der Waals surface area contributed by atoms with Gasteiger partial charge in [-0.1, -0.05) is 24.2 Å². The van der Waals surface area contributed by atoms with Gasteiger partial charge in [0.25, 0.3) is 5.91 Å². The van der Waals surface area contributed by atoms with E-state index < -0.39 is 0 Å². The molecule has 7 heteroatoms. The van der Waals surface area contributed by atoms with Crippen LogP contribution in [0.15, 0.2) is 53.1 Å². The van der Waals surface area contributed by atoms with Crippen LogP contribution >= 0.6 is 0 Å². The molecular formula is C22H24N4O3. The number of rotatable bonds is 5. The Balaban J connectivity index is 1.40. The number of carbonyl (C=O) groups is 1. The number of ether oxygens (including phenoxy) is 1. The van der Waals surface area contributed by atoms with Gasteiger partial charge < -0.3 is 19.1 Å². The van der Waals surface area contributed by atoms with Gasteiger partial charge >= 0.3 is 0 Å². The van der Waals surface area contributed by atoms with Gasteiger partial charge in [-0.05, 0) is 36.4 Å². The van der Waals surface area contributed by atoms with Gasteiger partial charge in [0.2, 0.25) is 11.7 Å². The Kier molecular flexibility index (Phi) is 5.46. The fourth-order valence-corrected chi connectivity index (χ4v) is 3.50. The number of para-hydroxylation sites is 1. The number of hydrogen-bond acceptors (Lipinski definition) is 6. The number of hydrogen-bond donors (Lipinski definition) is 0. The van der Waals surface area contributed by atoms with Crippen LogP contribution in [0.25, 0.3) is 11.4 Å². The van der Waals surface area contributed by atoms with E-state index in [4.69, 9.17) is 9.26 Å². The van der Waals surface area contributed by atoms with Crippen LogP contribution in [0, 0.1) is 0 Å². The molecule has 1 aliphatic rings. The van der Waals surface area contributed by atoms with Crippen molar-refractivity contribution in [2.75, 3.05) is 38.2 Å². The van der Waals surface area contributed by atoms with E-state index in [1.807, 2.05) is 48.2 Å². The summed E-state index contributed by atoms with van der Waals surface area (Å²) in [7, 11) is 1.59. The van der Waals surface area contributed by atoms with E-state index in [1.165, 1.54) is 0 Å². The lowest BCUT2D eigenvalue weighted by Gasteiger charge is -2.36. The second kappa shape index (κ2) is 8.34. The largest absolute Gasteiger partial charge is 0.496 e. The zero-order chi connectivity index (χ0) is 20.2. The minimum atomic E-state index is 0.0151. The van der Waals surface area contributed by atoms with E-state index in [0.29, 0.717) is 36.1 Å². The molecule has 1 amide bonds. The van der Waals surface area contributed by atoms with Crippen molar-refractivity contribution in [3.8, 4) is 17.1 Å². The molecule has 7 nitrogen and oxygen atoms in total. The van der Waals surface area contributed by atoms with Crippen LogP contribution in [0.1, 0.15) is 23.2 Å². The zero-order valence-corrected chi connectivity index (χ0v) is 16.7. The molecule has 29 heavy (non-hydrogen) atoms. The van der Waals surface area contributed by atoms with Gasteiger partial charge in [0.05, 0.1) is 12.7 Å². The average molecular weight is 392 g/mol. The van der Waals surface area contributed by atoms with Crippen molar-refractivity contribution in [1.29, 1.82) is 0 Å². The predicted molar refractivity (Wildman–Crippen MR) is 110 cm³/mol. The van der Waals surface area contributed by atoms with Gasteiger partial charge in [-0.2, -0.15) is 4.98 Å². The third kappa shape index (κ3) is 3.94. The minimum Gasteiger partial charge on any atom is -0.496 e. The third-order valence-electron chi connectivity index (χ3n) is 5.17. The SMILES string of the molecule is CCc1nc(-c2ccc(N3CCN(C(=O)c4ccccc4OC)CC3)cc2)no1. The summed E-state index contributed by atoms with van der Waals surface area (Å²) in [6.07, 6.45) is 0.725. The molecule has 1 aliphatic heterocycles. The van der Waals surface area contributed by atoms with Crippen molar-refractivity contribution in [1.82, 2.24) is 15.0 Å². The summed E-state index contributed by atoms with van der Waals surface area (Å²) in [5.74, 6) is 1.88. The lowest BCUT2D eigenvalue weighted by atomic mass is 10.1. The molecule has 3 aromatic rings. The van der Waals surface area contributed by atoms with Gasteiger partial charge in [0, 0.05) is 43.9 Å². The number of carbonyl (C=O) groups excluding carboxylic acids is 1. The Bertz CT molecular complexity index is 976. The van der Waals surface area contributed by atoms with E-state index in [1.54, 1.807) is 7.11 Å². The fraction of sp³-hybridized carbons (Fsp3) is 0.318. The normalized spacial score (nSPS) is 14.1. The molecule has 2 heterocycles. The first-order chi connectivity index (χ1) is 14.2. The van der Waals surface area contributed by atoms with Gasteiger partial charge in [-0.25, -0.2) is 0 Å². The Morgan fingerprint density at radius 2 is 1.79 bits per heavy atom. The van der Waals surface area contributed by atoms with E-state index in [2.05, 4.69) is 27.2 Å². The molecule has 0 radical (unpaired) electrons. The number of methoxy groups -OCH3 is 1. The van der Waals surface area contributed by atoms with Crippen LogP contribution in [0.3, 0.4) is 0 Å². The molecule has 1 saturated heterocycles. The maximum atomic E-state index is 12.9. The molecule has 1 aromatic heterocycles. The Morgan fingerprint density at radius 3 is 2.45 bits per heavy atom. The molecule has 0 atom stereocenters. The number of amides is 1. The molecule has 2 aromatic carbocycles. The number of aromatic nitrogens is 2. The summed E-state index contributed by atoms with van der Waals surface area (Å²) >= 11 is 0. The van der Waals surface area contributed by atoms with Crippen molar-refractivity contribution in [3.05, 3.63) is 60.0 Å². The van der Waals surface area contributed by atoms with Crippen LogP contribution < -0.4 is 9.64 Å². The maximum Gasteiger partial charge on any atom is 0.257 e. The van der Waals surface area contributed by atoms with Crippen molar-refractivity contribution >= 4 is 11.6 Å². The Hall–Kier alpha value is -3.35. The van der Waals surface area contributed by atoms with Crippen molar-refractivity contribution in [2.45, 2.75) is 13.3 Å². The van der Waals surface area contributed by atoms with Crippen molar-refractivity contribution in [3.63, 3.8) is 0 Å². The van der Waals surface area contributed by atoms with Crippen molar-refractivity contribution < 1.29 is 14.1 Å². The monoisotopic (exact) mass is 392 g/mol. The van der Waals surface area contributed by atoms with Crippen LogP contribution in [0.5, 0.6) is 5.75 Å². The van der Waals surface area contributed by atoms with Crippen LogP contribution in [-0.2, 0) is 6.42 Å². The Labute approximate surface area is 169 Å². The van der Waals surface area contributed by atoms with Gasteiger partial charge in [0.15, 0.2) is 0 Å². The molecule has 0 N–H and O–H groups in total. The summed E-state index contributed by atoms with van der Waals surface area (Å²) in [4.78, 5) is 21.4. The van der Waals surface area contributed by atoms with Crippen LogP contribution in [0.2, 0.25) is 0 Å². The highest BCUT2D eigenvalue weighted by molar-refractivity contribution is 5.97. The minimum absolute atomic E-state index is 0.0151. The molecule has 0 spiro atoms. The summed E-state index contributed by atoms with van der Waals surface area (Å²) in [6.45, 7) is 4.89. The average Bonchev–Trinajstić information content (AvgIpc) is 3.28. The van der Waals surface area contributed by atoms with Crippen molar-refractivity contribution in [2.24, 2.45) is 0 Å². The highest BCUT2D eigenvalue weighted by atomic mass is 16.5. The molecule has 0 saturated carbocycles. The predicted octanol–water partition coefficient (Wildman–Crippen LogP) is 3.27. The maximum absolute atomic E-state index is 12.9. The quantitative estimate of drug-likeness (QED) is 0.664. The highest BCUT2D eigenvalue weighted by Gasteiger charge is 2.24. The standard InChI is InChI=1S/C22H24N4O3/c1-3-20-23-21(24-29-20)16-8-10-17(11-9-16)25-12-14-26(15-13-25)22(27)18-6-4-5-7-19(18)28-2/h4-11H,3,12-15H2,1-2H3. The fourth-order valence-electron chi connectivity index (χ4n) is 3.50. The highest BCUT2D eigenvalue weighted by Crippen LogP contribution is 2.24. The number of nitrogens with zero attached hydrogens (tertiary/aromatic N) is 4.